The molecule has 3 rings (SSSR count). The van der Waals surface area contributed by atoms with Gasteiger partial charge in [-0.3, -0.25) is 19.0 Å². The third kappa shape index (κ3) is 3.58. The smallest absolute Gasteiger partial charge is 0.255 e. The van der Waals surface area contributed by atoms with Crippen LogP contribution in [-0.4, -0.2) is 35.1 Å². The minimum absolute atomic E-state index is 0.137. The number of aromatic nitrogens is 1. The zero-order chi connectivity index (χ0) is 18.0. The molecule has 2 unspecified atom stereocenters. The van der Waals surface area contributed by atoms with E-state index in [1.807, 2.05) is 0 Å². The van der Waals surface area contributed by atoms with Gasteiger partial charge in [0, 0.05) is 18.7 Å². The van der Waals surface area contributed by atoms with Crippen molar-refractivity contribution in [1.29, 1.82) is 0 Å². The van der Waals surface area contributed by atoms with Gasteiger partial charge < -0.3 is 15.8 Å². The summed E-state index contributed by atoms with van der Waals surface area (Å²) in [6.45, 7) is 0.137. The lowest BCUT2D eigenvalue weighted by molar-refractivity contribution is -0.126. The molecular formula is C17H16FN3O4. The van der Waals surface area contributed by atoms with Crippen molar-refractivity contribution in [1.82, 2.24) is 9.88 Å². The van der Waals surface area contributed by atoms with Crippen LogP contribution in [0.15, 0.2) is 47.4 Å². The fraction of sp³-hybridized carbons (Fsp3) is 0.235. The molecule has 2 heterocycles. The Bertz CT molecular complexity index is 880. The molecule has 130 valence electrons. The van der Waals surface area contributed by atoms with Crippen molar-refractivity contribution in [2.24, 2.45) is 5.73 Å². The number of hydrogen-bond donors (Lipinski definition) is 2. The van der Waals surface area contributed by atoms with E-state index in [2.05, 4.69) is 5.32 Å². The van der Waals surface area contributed by atoms with E-state index in [1.54, 1.807) is 12.1 Å². The van der Waals surface area contributed by atoms with Gasteiger partial charge >= 0.3 is 0 Å². The van der Waals surface area contributed by atoms with Gasteiger partial charge in [-0.15, -0.1) is 0 Å². The fourth-order valence-electron chi connectivity index (χ4n) is 2.67. The normalized spacial score (nSPS) is 19.6. The third-order valence-electron chi connectivity index (χ3n) is 3.95. The minimum Gasteiger partial charge on any atom is -0.367 e. The summed E-state index contributed by atoms with van der Waals surface area (Å²) in [6, 6.07) is 8.08. The Labute approximate surface area is 142 Å². The van der Waals surface area contributed by atoms with Crippen LogP contribution in [-0.2, 0) is 9.53 Å². The van der Waals surface area contributed by atoms with Gasteiger partial charge in [0.1, 0.15) is 11.9 Å². The number of hydrogen-bond acceptors (Lipinski definition) is 4. The van der Waals surface area contributed by atoms with Crippen molar-refractivity contribution in [3.8, 4) is 5.69 Å². The number of nitrogens with zero attached hydrogens (tertiary/aromatic N) is 1. The van der Waals surface area contributed by atoms with Crippen LogP contribution < -0.4 is 16.6 Å². The number of primary amides is 1. The van der Waals surface area contributed by atoms with E-state index in [1.165, 1.54) is 29.0 Å². The number of halogens is 1. The Morgan fingerprint density at radius 1 is 1.28 bits per heavy atom. The van der Waals surface area contributed by atoms with Gasteiger partial charge in [-0.25, -0.2) is 4.39 Å². The maximum atomic E-state index is 14.3. The number of rotatable bonds is 4. The van der Waals surface area contributed by atoms with Crippen LogP contribution >= 0.6 is 0 Å². The average molecular weight is 345 g/mol. The zero-order valence-electron chi connectivity index (χ0n) is 13.1. The molecule has 1 fully saturated rings. The average Bonchev–Trinajstić information content (AvgIpc) is 3.04. The van der Waals surface area contributed by atoms with Crippen LogP contribution in [0.5, 0.6) is 0 Å². The van der Waals surface area contributed by atoms with E-state index in [9.17, 15) is 18.8 Å². The largest absolute Gasteiger partial charge is 0.367 e. The van der Waals surface area contributed by atoms with E-state index < -0.39 is 29.8 Å². The molecule has 2 aromatic rings. The minimum atomic E-state index is -0.754. The van der Waals surface area contributed by atoms with Crippen LogP contribution in [0, 0.1) is 5.82 Å². The predicted molar refractivity (Wildman–Crippen MR) is 86.8 cm³/mol. The molecule has 1 aromatic heterocycles. The molecule has 1 aliphatic rings. The monoisotopic (exact) mass is 345 g/mol. The van der Waals surface area contributed by atoms with Gasteiger partial charge in [-0.1, -0.05) is 6.07 Å². The molecule has 1 aliphatic heterocycles. The first-order valence-electron chi connectivity index (χ1n) is 7.65. The number of ether oxygens (including phenoxy) is 1. The SMILES string of the molecule is NC(=O)C1CC(NC(=O)c2ccc(-n3ccccc3=O)cc2F)CO1. The number of carbonyl (C=O) groups is 2. The maximum Gasteiger partial charge on any atom is 0.255 e. The lowest BCUT2D eigenvalue weighted by Gasteiger charge is -2.12. The summed E-state index contributed by atoms with van der Waals surface area (Å²) in [5, 5.41) is 2.61. The lowest BCUT2D eigenvalue weighted by atomic mass is 10.1. The number of amides is 2. The molecule has 25 heavy (non-hydrogen) atoms. The molecule has 0 spiro atoms. The second kappa shape index (κ2) is 6.86. The van der Waals surface area contributed by atoms with Gasteiger partial charge in [0.15, 0.2) is 0 Å². The highest BCUT2D eigenvalue weighted by Gasteiger charge is 2.30. The summed E-state index contributed by atoms with van der Waals surface area (Å²) in [5.41, 5.74) is 5.00. The Hall–Kier alpha value is -3.00. The number of carbonyl (C=O) groups excluding carboxylic acids is 2. The van der Waals surface area contributed by atoms with Crippen LogP contribution in [0.4, 0.5) is 4.39 Å². The molecule has 0 aliphatic carbocycles. The first kappa shape index (κ1) is 16.8. The summed E-state index contributed by atoms with van der Waals surface area (Å²) in [6.07, 6.45) is 1.01. The molecule has 2 amide bonds. The van der Waals surface area contributed by atoms with E-state index in [0.717, 1.165) is 6.07 Å². The first-order chi connectivity index (χ1) is 12.0. The molecule has 3 N–H and O–H groups in total. The number of nitrogens with one attached hydrogen (secondary N) is 1. The second-order valence-electron chi connectivity index (χ2n) is 5.70. The standard InChI is InChI=1S/C17H16FN3O4/c18-13-8-11(21-6-2-1-3-15(21)22)4-5-12(13)17(24)20-10-7-14(16(19)23)25-9-10/h1-6,8,10,14H,7,9H2,(H2,19,23)(H,20,24). The summed E-state index contributed by atoms with van der Waals surface area (Å²) < 4.78 is 20.7. The van der Waals surface area contributed by atoms with Gasteiger partial charge in [0.2, 0.25) is 5.91 Å². The van der Waals surface area contributed by atoms with Crippen molar-refractivity contribution < 1.29 is 18.7 Å². The molecule has 0 saturated carbocycles. The topological polar surface area (TPSA) is 103 Å². The first-order valence-corrected chi connectivity index (χ1v) is 7.65. The highest BCUT2D eigenvalue weighted by molar-refractivity contribution is 5.95. The lowest BCUT2D eigenvalue weighted by Crippen LogP contribution is -2.36. The maximum absolute atomic E-state index is 14.3. The Balaban J connectivity index is 1.75. The molecule has 7 nitrogen and oxygen atoms in total. The Morgan fingerprint density at radius 2 is 2.08 bits per heavy atom. The highest BCUT2D eigenvalue weighted by atomic mass is 19.1. The Kier molecular flexibility index (Phi) is 4.62. The molecule has 2 atom stereocenters. The number of pyridine rings is 1. The molecule has 0 bridgehead atoms. The summed E-state index contributed by atoms with van der Waals surface area (Å²) in [4.78, 5) is 35.1. The quantitative estimate of drug-likeness (QED) is 0.834. The van der Waals surface area contributed by atoms with E-state index in [-0.39, 0.29) is 24.2 Å². The molecule has 0 radical (unpaired) electrons. The van der Waals surface area contributed by atoms with E-state index in [4.69, 9.17) is 10.5 Å². The number of benzene rings is 1. The van der Waals surface area contributed by atoms with Crippen molar-refractivity contribution >= 4 is 11.8 Å². The summed E-state index contributed by atoms with van der Waals surface area (Å²) >= 11 is 0. The fourth-order valence-corrected chi connectivity index (χ4v) is 2.67. The predicted octanol–water partition coefficient (Wildman–Crippen LogP) is 0.349. The third-order valence-corrected chi connectivity index (χ3v) is 3.95. The molecular weight excluding hydrogens is 329 g/mol. The van der Waals surface area contributed by atoms with Crippen LogP contribution in [0.3, 0.4) is 0 Å². The zero-order valence-corrected chi connectivity index (χ0v) is 13.1. The van der Waals surface area contributed by atoms with E-state index in [0.29, 0.717) is 5.69 Å². The van der Waals surface area contributed by atoms with Crippen molar-refractivity contribution in [2.75, 3.05) is 6.61 Å². The van der Waals surface area contributed by atoms with E-state index >= 15 is 0 Å². The molecule has 1 aromatic carbocycles. The van der Waals surface area contributed by atoms with Crippen LogP contribution in [0.2, 0.25) is 0 Å². The summed E-state index contributed by atoms with van der Waals surface area (Å²) in [7, 11) is 0. The van der Waals surface area contributed by atoms with Crippen LogP contribution in [0.25, 0.3) is 5.69 Å². The van der Waals surface area contributed by atoms with Gasteiger partial charge in [-0.05, 0) is 24.3 Å². The molecule has 8 heteroatoms. The van der Waals surface area contributed by atoms with Gasteiger partial charge in [0.05, 0.1) is 23.9 Å². The Morgan fingerprint density at radius 3 is 2.72 bits per heavy atom. The number of nitrogens with two attached hydrogens (primary N) is 1. The van der Waals surface area contributed by atoms with Crippen molar-refractivity contribution in [3.05, 3.63) is 64.3 Å². The highest BCUT2D eigenvalue weighted by Crippen LogP contribution is 2.16. The summed E-state index contributed by atoms with van der Waals surface area (Å²) in [5.74, 6) is -1.97. The van der Waals surface area contributed by atoms with Gasteiger partial charge in [0.25, 0.3) is 11.5 Å². The van der Waals surface area contributed by atoms with Gasteiger partial charge in [-0.2, -0.15) is 0 Å². The second-order valence-corrected chi connectivity index (χ2v) is 5.70. The molecule has 1 saturated heterocycles. The van der Waals surface area contributed by atoms with Crippen molar-refractivity contribution in [2.45, 2.75) is 18.6 Å². The van der Waals surface area contributed by atoms with Crippen molar-refractivity contribution in [3.63, 3.8) is 0 Å². The van der Waals surface area contributed by atoms with Crippen LogP contribution in [0.1, 0.15) is 16.8 Å².